The summed E-state index contributed by atoms with van der Waals surface area (Å²) >= 11 is 0. The number of hydrogen-bond donors (Lipinski definition) is 0. The van der Waals surface area contributed by atoms with Crippen molar-refractivity contribution in [3.05, 3.63) is 48.0 Å². The summed E-state index contributed by atoms with van der Waals surface area (Å²) in [6.45, 7) is 0.250. The van der Waals surface area contributed by atoms with Gasteiger partial charge in [0.05, 0.1) is 25.7 Å². The van der Waals surface area contributed by atoms with Crippen LogP contribution in [0.1, 0.15) is 31.2 Å². The van der Waals surface area contributed by atoms with E-state index in [1.807, 2.05) is 30.3 Å². The van der Waals surface area contributed by atoms with Crippen LogP contribution in [0.2, 0.25) is 0 Å². The second kappa shape index (κ2) is 9.10. The van der Waals surface area contributed by atoms with Crippen LogP contribution >= 0.6 is 0 Å². The molecule has 0 saturated carbocycles. The van der Waals surface area contributed by atoms with Crippen molar-refractivity contribution in [1.29, 1.82) is 0 Å². The average molecular weight is 318 g/mol. The molecular formula is C18H22O5. The molecule has 0 aromatic heterocycles. The molecule has 23 heavy (non-hydrogen) atoms. The van der Waals surface area contributed by atoms with Crippen LogP contribution in [-0.2, 0) is 30.4 Å². The van der Waals surface area contributed by atoms with Crippen LogP contribution in [0.4, 0.5) is 0 Å². The normalized spacial score (nSPS) is 21.1. The molecule has 0 radical (unpaired) electrons. The second-order valence-corrected chi connectivity index (χ2v) is 5.46. The molecule has 1 fully saturated rings. The van der Waals surface area contributed by atoms with Crippen LogP contribution in [0, 0.1) is 0 Å². The van der Waals surface area contributed by atoms with Crippen LogP contribution in [0.5, 0.6) is 0 Å². The summed E-state index contributed by atoms with van der Waals surface area (Å²) in [5.74, 6) is -0.672. The molecule has 0 aliphatic carbocycles. The lowest BCUT2D eigenvalue weighted by molar-refractivity contribution is -0.146. The number of benzene rings is 1. The molecule has 1 aromatic rings. The Morgan fingerprint density at radius 2 is 2.04 bits per heavy atom. The molecule has 2 rings (SSSR count). The van der Waals surface area contributed by atoms with Crippen molar-refractivity contribution < 1.29 is 23.8 Å². The quantitative estimate of drug-likeness (QED) is 0.596. The number of carbonyl (C=O) groups is 2. The summed E-state index contributed by atoms with van der Waals surface area (Å²) in [5.41, 5.74) is 0.946. The van der Waals surface area contributed by atoms with Crippen molar-refractivity contribution >= 4 is 11.9 Å². The van der Waals surface area contributed by atoms with E-state index in [0.29, 0.717) is 0 Å². The molecular weight excluding hydrogens is 296 g/mol. The molecule has 0 N–H and O–H groups in total. The largest absolute Gasteiger partial charge is 0.469 e. The number of esters is 2. The van der Waals surface area contributed by atoms with Crippen molar-refractivity contribution in [3.8, 4) is 0 Å². The van der Waals surface area contributed by atoms with Gasteiger partial charge in [0.15, 0.2) is 0 Å². The molecule has 124 valence electrons. The topological polar surface area (TPSA) is 61.8 Å². The van der Waals surface area contributed by atoms with Crippen LogP contribution < -0.4 is 0 Å². The zero-order chi connectivity index (χ0) is 16.5. The number of carbonyl (C=O) groups excluding carboxylic acids is 2. The summed E-state index contributed by atoms with van der Waals surface area (Å²) in [7, 11) is 1.37. The lowest BCUT2D eigenvalue weighted by Gasteiger charge is -2.27. The summed E-state index contributed by atoms with van der Waals surface area (Å²) in [6.07, 6.45) is 5.66. The van der Waals surface area contributed by atoms with E-state index in [0.717, 1.165) is 24.8 Å². The second-order valence-electron chi connectivity index (χ2n) is 5.46. The van der Waals surface area contributed by atoms with Gasteiger partial charge in [-0.25, -0.2) is 4.79 Å². The summed E-state index contributed by atoms with van der Waals surface area (Å²) < 4.78 is 15.6. The predicted molar refractivity (Wildman–Crippen MR) is 84.5 cm³/mol. The highest BCUT2D eigenvalue weighted by atomic mass is 16.5. The van der Waals surface area contributed by atoms with Gasteiger partial charge in [0.1, 0.15) is 6.61 Å². The Morgan fingerprint density at radius 3 is 2.78 bits per heavy atom. The van der Waals surface area contributed by atoms with E-state index in [2.05, 4.69) is 4.74 Å². The fourth-order valence-electron chi connectivity index (χ4n) is 2.45. The first-order valence-corrected chi connectivity index (χ1v) is 7.78. The van der Waals surface area contributed by atoms with Crippen LogP contribution in [-0.4, -0.2) is 31.3 Å². The van der Waals surface area contributed by atoms with Gasteiger partial charge >= 0.3 is 11.9 Å². The van der Waals surface area contributed by atoms with Gasteiger partial charge < -0.3 is 14.2 Å². The molecule has 0 unspecified atom stereocenters. The summed E-state index contributed by atoms with van der Waals surface area (Å²) in [4.78, 5) is 23.0. The highest BCUT2D eigenvalue weighted by molar-refractivity contribution is 5.82. The lowest BCUT2D eigenvalue weighted by Crippen LogP contribution is -2.28. The monoisotopic (exact) mass is 318 g/mol. The van der Waals surface area contributed by atoms with Crippen molar-refractivity contribution in [2.24, 2.45) is 0 Å². The maximum atomic E-state index is 11.7. The van der Waals surface area contributed by atoms with E-state index < -0.39 is 5.97 Å². The van der Waals surface area contributed by atoms with Crippen molar-refractivity contribution in [2.75, 3.05) is 7.11 Å². The Balaban J connectivity index is 1.75. The number of rotatable bonds is 6. The fourth-order valence-corrected chi connectivity index (χ4v) is 2.45. The summed E-state index contributed by atoms with van der Waals surface area (Å²) in [6, 6.07) is 9.51. The van der Waals surface area contributed by atoms with Gasteiger partial charge in [-0.05, 0) is 30.9 Å². The zero-order valence-corrected chi connectivity index (χ0v) is 13.3. The average Bonchev–Trinajstić information content (AvgIpc) is 2.59. The molecule has 1 aliphatic heterocycles. The molecule has 0 bridgehead atoms. The minimum Gasteiger partial charge on any atom is -0.469 e. The molecule has 2 atom stereocenters. The van der Waals surface area contributed by atoms with Crippen LogP contribution in [0.25, 0.3) is 0 Å². The van der Waals surface area contributed by atoms with Gasteiger partial charge in [0.2, 0.25) is 0 Å². The van der Waals surface area contributed by atoms with Crippen molar-refractivity contribution in [1.82, 2.24) is 0 Å². The maximum absolute atomic E-state index is 11.7. The Hall–Kier alpha value is -2.14. The molecule has 1 aliphatic rings. The first-order chi connectivity index (χ1) is 11.2. The first kappa shape index (κ1) is 17.2. The van der Waals surface area contributed by atoms with Gasteiger partial charge in [-0.1, -0.05) is 30.3 Å². The van der Waals surface area contributed by atoms with E-state index in [4.69, 9.17) is 9.47 Å². The lowest BCUT2D eigenvalue weighted by atomic mass is 10.0. The molecule has 5 heteroatoms. The predicted octanol–water partition coefficient (Wildman–Crippen LogP) is 2.79. The minimum absolute atomic E-state index is 0.147. The molecule has 1 aromatic carbocycles. The van der Waals surface area contributed by atoms with E-state index in [9.17, 15) is 9.59 Å². The highest BCUT2D eigenvalue weighted by Gasteiger charge is 2.23. The van der Waals surface area contributed by atoms with Gasteiger partial charge in [-0.3, -0.25) is 4.79 Å². The molecule has 5 nitrogen and oxygen atoms in total. The van der Waals surface area contributed by atoms with E-state index in [1.54, 1.807) is 6.08 Å². The Morgan fingerprint density at radius 1 is 1.26 bits per heavy atom. The Kier molecular flexibility index (Phi) is 6.81. The minimum atomic E-state index is -0.396. The smallest absolute Gasteiger partial charge is 0.330 e. The third-order valence-corrected chi connectivity index (χ3v) is 3.67. The highest BCUT2D eigenvalue weighted by Crippen LogP contribution is 2.22. The number of methoxy groups -OCH3 is 1. The number of ether oxygens (including phenoxy) is 3. The van der Waals surface area contributed by atoms with Gasteiger partial charge in [-0.2, -0.15) is 0 Å². The van der Waals surface area contributed by atoms with Crippen molar-refractivity contribution in [3.63, 3.8) is 0 Å². The van der Waals surface area contributed by atoms with Crippen LogP contribution in [0.3, 0.4) is 0 Å². The standard InChI is InChI=1S/C18H22O5/c1-21-18(20)12-16-9-5-8-15(23-16)10-11-17(19)22-13-14-6-3-2-4-7-14/h2-4,6-7,10-11,15-16H,5,8-9,12-13H2,1H3/b11-10+/t15-,16+/m1/s1. The van der Waals surface area contributed by atoms with Gasteiger partial charge in [0, 0.05) is 6.08 Å². The maximum Gasteiger partial charge on any atom is 0.330 e. The van der Waals surface area contributed by atoms with E-state index >= 15 is 0 Å². The Bertz CT molecular complexity index is 538. The summed E-state index contributed by atoms with van der Waals surface area (Å²) in [5, 5.41) is 0. The van der Waals surface area contributed by atoms with Crippen LogP contribution in [0.15, 0.2) is 42.5 Å². The van der Waals surface area contributed by atoms with Gasteiger partial charge in [-0.15, -0.1) is 0 Å². The zero-order valence-electron chi connectivity index (χ0n) is 13.3. The van der Waals surface area contributed by atoms with E-state index in [-0.39, 0.29) is 31.2 Å². The molecule has 0 spiro atoms. The molecule has 1 saturated heterocycles. The fraction of sp³-hybridized carbons (Fsp3) is 0.444. The Labute approximate surface area is 136 Å². The van der Waals surface area contributed by atoms with E-state index in [1.165, 1.54) is 13.2 Å². The first-order valence-electron chi connectivity index (χ1n) is 7.78. The number of hydrogen-bond acceptors (Lipinski definition) is 5. The SMILES string of the molecule is COC(=O)C[C@@H]1CCC[C@H](/C=C/C(=O)OCc2ccccc2)O1. The van der Waals surface area contributed by atoms with Crippen molar-refractivity contribution in [2.45, 2.75) is 44.5 Å². The molecule has 1 heterocycles. The van der Waals surface area contributed by atoms with Gasteiger partial charge in [0.25, 0.3) is 0 Å². The molecule has 0 amide bonds. The third-order valence-electron chi connectivity index (χ3n) is 3.67. The third kappa shape index (κ3) is 6.24.